The van der Waals surface area contributed by atoms with Crippen LogP contribution in [0.25, 0.3) is 5.70 Å². The molecule has 0 radical (unpaired) electrons. The summed E-state index contributed by atoms with van der Waals surface area (Å²) in [5.74, 6) is 0. The second-order valence-corrected chi connectivity index (χ2v) is 7.73. The van der Waals surface area contributed by atoms with Gasteiger partial charge >= 0.3 is 0 Å². The highest BCUT2D eigenvalue weighted by atomic mass is 32.2. The lowest BCUT2D eigenvalue weighted by Crippen LogP contribution is -2.13. The van der Waals surface area contributed by atoms with E-state index in [1.165, 1.54) is 38.5 Å². The Labute approximate surface area is 152 Å². The van der Waals surface area contributed by atoms with E-state index in [4.69, 9.17) is 0 Å². The van der Waals surface area contributed by atoms with E-state index in [0.717, 1.165) is 12.8 Å². The summed E-state index contributed by atoms with van der Waals surface area (Å²) in [6.07, 6.45) is 2.23. The molecule has 0 saturated carbocycles. The summed E-state index contributed by atoms with van der Waals surface area (Å²) in [6.45, 7) is 0. The van der Waals surface area contributed by atoms with Crippen LogP contribution in [0, 0.1) is 0 Å². The first-order valence-corrected chi connectivity index (χ1v) is 9.67. The average Bonchev–Trinajstić information content (AvgIpc) is 2.85. The fraction of sp³-hybridized carbons (Fsp3) is 0.130. The average molecular weight is 341 g/mol. The molecule has 0 amide bonds. The van der Waals surface area contributed by atoms with Crippen LogP contribution in [0.15, 0.2) is 89.3 Å². The monoisotopic (exact) mass is 341 g/mol. The molecule has 5 rings (SSSR count). The maximum Gasteiger partial charge on any atom is 0.0577 e. The lowest BCUT2D eigenvalue weighted by atomic mass is 9.86. The molecule has 25 heavy (non-hydrogen) atoms. The summed E-state index contributed by atoms with van der Waals surface area (Å²) >= 11 is 1.97. The second kappa shape index (κ2) is 6.12. The summed E-state index contributed by atoms with van der Waals surface area (Å²) in [4.78, 5) is 1.32. The van der Waals surface area contributed by atoms with E-state index < -0.39 is 0 Å². The number of hydrogen-bond donors (Lipinski definition) is 1. The number of nitrogens with one attached hydrogen (secondary N) is 1. The summed E-state index contributed by atoms with van der Waals surface area (Å²) in [5, 5.41) is 4.14. The highest BCUT2D eigenvalue weighted by Crippen LogP contribution is 2.51. The molecule has 1 atom stereocenters. The Kier molecular flexibility index (Phi) is 3.64. The van der Waals surface area contributed by atoms with Gasteiger partial charge in [0.1, 0.15) is 0 Å². The molecule has 0 aromatic heterocycles. The first-order valence-electron chi connectivity index (χ1n) is 8.79. The Bertz CT molecular complexity index is 959. The van der Waals surface area contributed by atoms with Gasteiger partial charge in [0, 0.05) is 16.2 Å². The number of thioether (sulfide) groups is 1. The fourth-order valence-electron chi connectivity index (χ4n) is 3.86. The lowest BCUT2D eigenvalue weighted by molar-refractivity contribution is 0.871. The minimum absolute atomic E-state index is 0.362. The molecule has 0 spiro atoms. The first-order chi connectivity index (χ1) is 12.4. The van der Waals surface area contributed by atoms with Gasteiger partial charge in [-0.1, -0.05) is 66.7 Å². The summed E-state index contributed by atoms with van der Waals surface area (Å²) in [7, 11) is 0. The van der Waals surface area contributed by atoms with Crippen molar-refractivity contribution in [1.82, 2.24) is 0 Å². The van der Waals surface area contributed by atoms with E-state index in [1.807, 2.05) is 11.8 Å². The van der Waals surface area contributed by atoms with Crippen molar-refractivity contribution in [3.8, 4) is 0 Å². The van der Waals surface area contributed by atoms with Gasteiger partial charge in [-0.3, -0.25) is 0 Å². The van der Waals surface area contributed by atoms with Gasteiger partial charge in [0.15, 0.2) is 0 Å². The third-order valence-electron chi connectivity index (χ3n) is 5.08. The van der Waals surface area contributed by atoms with Crippen LogP contribution >= 0.6 is 11.8 Å². The number of anilines is 1. The largest absolute Gasteiger partial charge is 0.354 e. The van der Waals surface area contributed by atoms with Crippen LogP contribution in [0.4, 0.5) is 5.69 Å². The zero-order valence-corrected chi connectivity index (χ0v) is 14.7. The smallest absolute Gasteiger partial charge is 0.0577 e. The van der Waals surface area contributed by atoms with Gasteiger partial charge in [-0.05, 0) is 41.7 Å². The van der Waals surface area contributed by atoms with Crippen LogP contribution < -0.4 is 5.32 Å². The van der Waals surface area contributed by atoms with Gasteiger partial charge in [0.2, 0.25) is 0 Å². The summed E-state index contributed by atoms with van der Waals surface area (Å²) < 4.78 is 0. The molecule has 0 unspecified atom stereocenters. The zero-order chi connectivity index (χ0) is 16.6. The van der Waals surface area contributed by atoms with Crippen molar-refractivity contribution < 1.29 is 0 Å². The van der Waals surface area contributed by atoms with Crippen LogP contribution in [0.3, 0.4) is 0 Å². The third kappa shape index (κ3) is 2.58. The molecule has 3 aromatic carbocycles. The SMILES string of the molecule is c1ccc([C@@H]2Sc3ccccc3NC3=C2CCc2ccccc23)cc1. The molecule has 1 aliphatic heterocycles. The number of benzene rings is 3. The van der Waals surface area contributed by atoms with E-state index in [9.17, 15) is 0 Å². The van der Waals surface area contributed by atoms with Crippen molar-refractivity contribution in [1.29, 1.82) is 0 Å². The van der Waals surface area contributed by atoms with Gasteiger partial charge in [0.05, 0.1) is 10.9 Å². The molecule has 0 fully saturated rings. The standard InChI is InChI=1S/C23H19NS/c1-2-9-17(10-3-1)23-19-15-14-16-8-4-5-11-18(16)22(19)24-20-12-6-7-13-21(20)25-23/h1-13,23-24H,14-15H2/t23-/m0/s1. The van der Waals surface area contributed by atoms with E-state index >= 15 is 0 Å². The van der Waals surface area contributed by atoms with E-state index in [1.54, 1.807) is 0 Å². The maximum atomic E-state index is 3.78. The molecule has 2 aliphatic rings. The molecule has 0 bridgehead atoms. The number of hydrogen-bond acceptors (Lipinski definition) is 2. The minimum atomic E-state index is 0.362. The second-order valence-electron chi connectivity index (χ2n) is 6.59. The minimum Gasteiger partial charge on any atom is -0.354 e. The number of fused-ring (bicyclic) bond motifs is 3. The van der Waals surface area contributed by atoms with Crippen LogP contribution in [0.5, 0.6) is 0 Å². The highest BCUT2D eigenvalue weighted by molar-refractivity contribution is 8.00. The summed E-state index contributed by atoms with van der Waals surface area (Å²) in [5.41, 5.74) is 8.25. The van der Waals surface area contributed by atoms with Crippen molar-refractivity contribution >= 4 is 23.1 Å². The van der Waals surface area contributed by atoms with Gasteiger partial charge in [-0.2, -0.15) is 0 Å². The topological polar surface area (TPSA) is 12.0 Å². The lowest BCUT2D eigenvalue weighted by Gasteiger charge is -2.27. The Balaban J connectivity index is 1.73. The molecule has 2 heteroatoms. The Morgan fingerprint density at radius 1 is 0.760 bits per heavy atom. The highest BCUT2D eigenvalue weighted by Gasteiger charge is 2.30. The molecule has 1 aliphatic carbocycles. The van der Waals surface area contributed by atoms with Crippen molar-refractivity contribution in [3.05, 3.63) is 101 Å². The normalized spacial score (nSPS) is 18.5. The Hall–Kier alpha value is -2.45. The molecular formula is C23H19NS. The van der Waals surface area contributed by atoms with Crippen molar-refractivity contribution in [2.45, 2.75) is 23.0 Å². The summed E-state index contributed by atoms with van der Waals surface area (Å²) in [6, 6.07) is 28.4. The third-order valence-corrected chi connectivity index (χ3v) is 6.48. The van der Waals surface area contributed by atoms with Gasteiger partial charge in [-0.25, -0.2) is 0 Å². The molecule has 1 heterocycles. The number of aryl methyl sites for hydroxylation is 1. The Morgan fingerprint density at radius 2 is 1.52 bits per heavy atom. The predicted octanol–water partition coefficient (Wildman–Crippen LogP) is 6.30. The molecule has 1 nitrogen and oxygen atoms in total. The number of rotatable bonds is 1. The van der Waals surface area contributed by atoms with E-state index in [0.29, 0.717) is 5.25 Å². The molecule has 122 valence electrons. The van der Waals surface area contributed by atoms with Crippen LogP contribution in [0.2, 0.25) is 0 Å². The van der Waals surface area contributed by atoms with Crippen LogP contribution in [-0.2, 0) is 6.42 Å². The quantitative estimate of drug-likeness (QED) is 0.557. The van der Waals surface area contributed by atoms with Crippen LogP contribution in [-0.4, -0.2) is 0 Å². The Morgan fingerprint density at radius 3 is 2.44 bits per heavy atom. The van der Waals surface area contributed by atoms with E-state index in [-0.39, 0.29) is 0 Å². The van der Waals surface area contributed by atoms with Gasteiger partial charge in [0.25, 0.3) is 0 Å². The fourth-order valence-corrected chi connectivity index (χ4v) is 5.19. The zero-order valence-electron chi connectivity index (χ0n) is 13.9. The van der Waals surface area contributed by atoms with Gasteiger partial charge in [-0.15, -0.1) is 11.8 Å². The van der Waals surface area contributed by atoms with Crippen molar-refractivity contribution in [3.63, 3.8) is 0 Å². The molecule has 3 aromatic rings. The van der Waals surface area contributed by atoms with Crippen LogP contribution in [0.1, 0.15) is 28.4 Å². The van der Waals surface area contributed by atoms with Gasteiger partial charge < -0.3 is 5.32 Å². The van der Waals surface area contributed by atoms with E-state index in [2.05, 4.69) is 84.2 Å². The predicted molar refractivity (Wildman–Crippen MR) is 107 cm³/mol. The maximum absolute atomic E-state index is 3.78. The molecular weight excluding hydrogens is 322 g/mol. The molecule has 0 saturated heterocycles. The first kappa shape index (κ1) is 14.9. The van der Waals surface area contributed by atoms with Crippen molar-refractivity contribution in [2.75, 3.05) is 5.32 Å². The molecule has 1 N–H and O–H groups in total. The number of para-hydroxylation sites is 1. The van der Waals surface area contributed by atoms with Crippen molar-refractivity contribution in [2.24, 2.45) is 0 Å².